The fourth-order valence-electron chi connectivity index (χ4n) is 7.55. The molecule has 3 aliphatic rings. The lowest BCUT2D eigenvalue weighted by Gasteiger charge is -2.28. The summed E-state index contributed by atoms with van der Waals surface area (Å²) in [5, 5.41) is 17.0. The molecule has 0 bridgehead atoms. The number of hydrogen-bond donors (Lipinski definition) is 3. The summed E-state index contributed by atoms with van der Waals surface area (Å²) >= 11 is 0. The second-order valence-corrected chi connectivity index (χ2v) is 12.9. The van der Waals surface area contributed by atoms with E-state index in [1.807, 2.05) is 42.5 Å². The minimum Gasteiger partial charge on any atom is -0.480 e. The molecule has 1 saturated heterocycles. The van der Waals surface area contributed by atoms with Crippen molar-refractivity contribution in [2.24, 2.45) is 0 Å². The highest BCUT2D eigenvalue weighted by atomic mass is 19.1. The molecule has 50 heavy (non-hydrogen) atoms. The Morgan fingerprint density at radius 2 is 1.24 bits per heavy atom. The third kappa shape index (κ3) is 5.59. The molecule has 6 aromatic rings. The van der Waals surface area contributed by atoms with Gasteiger partial charge in [-0.05, 0) is 58.7 Å². The van der Waals surface area contributed by atoms with Crippen LogP contribution in [0.1, 0.15) is 33.6 Å². The van der Waals surface area contributed by atoms with Crippen molar-refractivity contribution in [3.8, 4) is 0 Å². The van der Waals surface area contributed by atoms with Crippen molar-refractivity contribution in [2.75, 3.05) is 0 Å². The Morgan fingerprint density at radius 3 is 1.80 bits per heavy atom. The Kier molecular flexibility index (Phi) is 7.91. The lowest BCUT2D eigenvalue weighted by Crippen LogP contribution is -2.42. The zero-order valence-electron chi connectivity index (χ0n) is 26.9. The number of imide groups is 1. The molecule has 3 aliphatic heterocycles. The van der Waals surface area contributed by atoms with Crippen LogP contribution in [-0.4, -0.2) is 49.1 Å². The average Bonchev–Trinajstić information content (AvgIpc) is 3.72. The van der Waals surface area contributed by atoms with Crippen LogP contribution in [-0.2, 0) is 48.6 Å². The standard InChI is InChI=1S/C20H16FN3O2.C19H17FN2O2/c21-13-7-5-12(6-8-13)10-23-16-4-2-1-3-14(16)15-9-17-19(25)22-20(26)24(17)11-18(15)23;20-13-7-5-12(6-8-13)11-22-17-4-2-1-3-14(17)15-9-16(19(23)24)21-10-18(15)22/h1-8,17H,9-11H2,(H,22,25,26);1-8,16,21H,9-11H2,(H,23,24). The van der Waals surface area contributed by atoms with Crippen molar-refractivity contribution < 1.29 is 28.3 Å². The lowest BCUT2D eigenvalue weighted by molar-refractivity contribution is -0.139. The highest BCUT2D eigenvalue weighted by Crippen LogP contribution is 2.35. The smallest absolute Gasteiger partial charge is 0.325 e. The van der Waals surface area contributed by atoms with Crippen molar-refractivity contribution in [1.82, 2.24) is 24.7 Å². The number of carbonyl (C=O) groups excluding carboxylic acids is 2. The zero-order valence-corrected chi connectivity index (χ0v) is 26.9. The molecule has 11 heteroatoms. The van der Waals surface area contributed by atoms with Crippen molar-refractivity contribution in [1.29, 1.82) is 0 Å². The Balaban J connectivity index is 0.000000145. The van der Waals surface area contributed by atoms with Gasteiger partial charge in [0.2, 0.25) is 0 Å². The van der Waals surface area contributed by atoms with E-state index in [2.05, 4.69) is 25.8 Å². The van der Waals surface area contributed by atoms with E-state index in [0.29, 0.717) is 39.0 Å². The largest absolute Gasteiger partial charge is 0.480 e. The predicted molar refractivity (Wildman–Crippen MR) is 183 cm³/mol. The Bertz CT molecular complexity index is 2290. The molecule has 9 rings (SSSR count). The first-order valence-electron chi connectivity index (χ1n) is 16.5. The summed E-state index contributed by atoms with van der Waals surface area (Å²) in [5.41, 5.74) is 8.51. The molecule has 0 spiro atoms. The van der Waals surface area contributed by atoms with E-state index in [1.165, 1.54) is 24.3 Å². The molecule has 5 heterocycles. The summed E-state index contributed by atoms with van der Waals surface area (Å²) in [6.45, 7) is 2.13. The van der Waals surface area contributed by atoms with Gasteiger partial charge in [-0.1, -0.05) is 60.7 Å². The predicted octanol–water partition coefficient (Wildman–Crippen LogP) is 5.73. The van der Waals surface area contributed by atoms with Crippen LogP contribution in [0.15, 0.2) is 97.1 Å². The number of aliphatic carboxylic acids is 1. The molecule has 0 aliphatic carbocycles. The van der Waals surface area contributed by atoms with E-state index in [-0.39, 0.29) is 23.6 Å². The molecule has 0 radical (unpaired) electrons. The highest BCUT2D eigenvalue weighted by Gasteiger charge is 2.43. The second kappa shape index (κ2) is 12.6. The van der Waals surface area contributed by atoms with Gasteiger partial charge < -0.3 is 19.1 Å². The van der Waals surface area contributed by atoms with E-state index in [9.17, 15) is 28.3 Å². The SMILES string of the molecule is O=C(O)C1Cc2c(n(Cc3ccc(F)cc3)c3ccccc23)CN1.O=C1NC(=O)N2Cc3c(c4ccccc4n3Cc3ccc(F)cc3)CC12. The summed E-state index contributed by atoms with van der Waals surface area (Å²) in [6.07, 6.45) is 0.992. The second-order valence-electron chi connectivity index (χ2n) is 12.9. The first-order chi connectivity index (χ1) is 24.2. The summed E-state index contributed by atoms with van der Waals surface area (Å²) < 4.78 is 30.7. The molecule has 2 unspecified atom stereocenters. The molecule has 2 atom stereocenters. The zero-order chi connectivity index (χ0) is 34.5. The van der Waals surface area contributed by atoms with Crippen LogP contribution in [0.5, 0.6) is 0 Å². The minimum absolute atomic E-state index is 0.226. The van der Waals surface area contributed by atoms with Gasteiger partial charge >= 0.3 is 12.0 Å². The van der Waals surface area contributed by atoms with Crippen LogP contribution < -0.4 is 10.6 Å². The number of benzene rings is 4. The van der Waals surface area contributed by atoms with Crippen LogP contribution in [0, 0.1) is 11.6 Å². The Labute approximate surface area is 285 Å². The summed E-state index contributed by atoms with van der Waals surface area (Å²) in [6, 6.07) is 27.8. The number of nitrogens with one attached hydrogen (secondary N) is 2. The number of para-hydroxylation sites is 2. The maximum atomic E-state index is 13.2. The number of carboxylic acid groups (broad SMARTS) is 1. The summed E-state index contributed by atoms with van der Waals surface area (Å²) in [7, 11) is 0. The van der Waals surface area contributed by atoms with E-state index in [0.717, 1.165) is 55.4 Å². The van der Waals surface area contributed by atoms with Gasteiger partial charge in [0, 0.05) is 65.7 Å². The lowest BCUT2D eigenvalue weighted by atomic mass is 9.97. The fraction of sp³-hybridized carbons (Fsp3) is 0.205. The average molecular weight is 674 g/mol. The maximum absolute atomic E-state index is 13.2. The van der Waals surface area contributed by atoms with E-state index in [4.69, 9.17) is 0 Å². The first kappa shape index (κ1) is 31.5. The van der Waals surface area contributed by atoms with Gasteiger partial charge in [-0.3, -0.25) is 20.2 Å². The third-order valence-electron chi connectivity index (χ3n) is 10.0. The number of rotatable bonds is 5. The quantitative estimate of drug-likeness (QED) is 0.203. The van der Waals surface area contributed by atoms with Crippen LogP contribution in [0.25, 0.3) is 21.8 Å². The molecule has 3 N–H and O–H groups in total. The number of carbonyl (C=O) groups is 3. The van der Waals surface area contributed by atoms with Crippen molar-refractivity contribution in [2.45, 2.75) is 51.1 Å². The normalized spacial score (nSPS) is 17.9. The summed E-state index contributed by atoms with van der Waals surface area (Å²) in [5.74, 6) is -1.56. The highest BCUT2D eigenvalue weighted by molar-refractivity contribution is 6.05. The molecule has 4 aromatic carbocycles. The van der Waals surface area contributed by atoms with Gasteiger partial charge in [0.25, 0.3) is 5.91 Å². The number of aromatic nitrogens is 2. The molecule has 3 amide bonds. The monoisotopic (exact) mass is 673 g/mol. The number of fused-ring (bicyclic) bond motifs is 7. The van der Waals surface area contributed by atoms with Gasteiger partial charge in [0.15, 0.2) is 0 Å². The molecular weight excluding hydrogens is 640 g/mol. The molecule has 9 nitrogen and oxygen atoms in total. The fourth-order valence-corrected chi connectivity index (χ4v) is 7.55. The molecule has 1 fully saturated rings. The van der Waals surface area contributed by atoms with Gasteiger partial charge in [-0.15, -0.1) is 0 Å². The van der Waals surface area contributed by atoms with Crippen molar-refractivity contribution >= 4 is 39.7 Å². The number of urea groups is 1. The van der Waals surface area contributed by atoms with Gasteiger partial charge in [-0.25, -0.2) is 13.6 Å². The van der Waals surface area contributed by atoms with E-state index >= 15 is 0 Å². The minimum atomic E-state index is -0.823. The van der Waals surface area contributed by atoms with Crippen LogP contribution in [0.2, 0.25) is 0 Å². The molecule has 0 saturated carbocycles. The molecular formula is C39H33F2N5O4. The first-order valence-corrected chi connectivity index (χ1v) is 16.5. The van der Waals surface area contributed by atoms with Gasteiger partial charge in [0.05, 0.1) is 6.54 Å². The number of halogens is 2. The molecule has 252 valence electrons. The van der Waals surface area contributed by atoms with E-state index in [1.54, 1.807) is 29.2 Å². The Hall–Kier alpha value is -5.81. The molecule has 2 aromatic heterocycles. The Morgan fingerprint density at radius 1 is 0.720 bits per heavy atom. The number of nitrogens with zero attached hydrogens (tertiary/aromatic N) is 3. The van der Waals surface area contributed by atoms with Crippen molar-refractivity contribution in [3.05, 3.63) is 142 Å². The van der Waals surface area contributed by atoms with E-state index < -0.39 is 18.1 Å². The topological polar surface area (TPSA) is 109 Å². The van der Waals surface area contributed by atoms with Crippen LogP contribution >= 0.6 is 0 Å². The summed E-state index contributed by atoms with van der Waals surface area (Å²) in [4.78, 5) is 37.1. The van der Waals surface area contributed by atoms with Gasteiger partial charge in [0.1, 0.15) is 23.7 Å². The van der Waals surface area contributed by atoms with Crippen LogP contribution in [0.3, 0.4) is 0 Å². The third-order valence-corrected chi connectivity index (χ3v) is 10.0. The number of amides is 3. The van der Waals surface area contributed by atoms with Crippen LogP contribution in [0.4, 0.5) is 13.6 Å². The number of hydrogen-bond acceptors (Lipinski definition) is 4. The number of carboxylic acids is 1. The van der Waals surface area contributed by atoms with Gasteiger partial charge in [-0.2, -0.15) is 0 Å². The van der Waals surface area contributed by atoms with Crippen molar-refractivity contribution in [3.63, 3.8) is 0 Å². The maximum Gasteiger partial charge on any atom is 0.325 e.